The second-order valence-corrected chi connectivity index (χ2v) is 3.66. The molecule has 2 rings (SSSR count). The fourth-order valence-corrected chi connectivity index (χ4v) is 1.92. The molecular weight excluding hydrogens is 272 g/mol. The van der Waals surface area contributed by atoms with Gasteiger partial charge in [0.2, 0.25) is 0 Å². The molecule has 70 valence electrons. The summed E-state index contributed by atoms with van der Waals surface area (Å²) in [5.41, 5.74) is 0. The second kappa shape index (κ2) is 5.40. The maximum Gasteiger partial charge on any atom is 2.00 e. The molecule has 0 saturated heterocycles. The number of benzene rings is 2. The predicted molar refractivity (Wildman–Crippen MR) is 61.0 cm³/mol. The molecule has 1 N–H and O–H groups in total. The first-order valence-electron chi connectivity index (χ1n) is 3.87. The van der Waals surface area contributed by atoms with Gasteiger partial charge in [-0.05, 0) is 11.5 Å². The van der Waals surface area contributed by atoms with Crippen LogP contribution in [0, 0.1) is 0 Å². The van der Waals surface area contributed by atoms with Gasteiger partial charge in [-0.25, -0.2) is 4.21 Å². The molecular formula is C10H10O2SSr. The standard InChI is InChI=1S/C10H8O2S.Sr.2H/c11-13(12)10-7-3-5-8-4-1-2-6-9(8)10;;;/h1-7H,(H,11,12);;;/q;+2;2*-1. The first kappa shape index (κ1) is 12.4. The van der Waals surface area contributed by atoms with Gasteiger partial charge in [-0.3, -0.25) is 0 Å². The van der Waals surface area contributed by atoms with Gasteiger partial charge in [0.05, 0.1) is 4.90 Å². The molecule has 0 spiro atoms. The van der Waals surface area contributed by atoms with E-state index in [0.29, 0.717) is 4.90 Å². The van der Waals surface area contributed by atoms with Crippen LogP contribution in [0.2, 0.25) is 0 Å². The molecule has 4 heteroatoms. The maximum absolute atomic E-state index is 10.9. The molecule has 0 saturated carbocycles. The van der Waals surface area contributed by atoms with E-state index < -0.39 is 11.1 Å². The van der Waals surface area contributed by atoms with E-state index in [4.69, 9.17) is 4.55 Å². The Morgan fingerprint density at radius 3 is 2.43 bits per heavy atom. The summed E-state index contributed by atoms with van der Waals surface area (Å²) in [7, 11) is 0. The monoisotopic (exact) mass is 282 g/mol. The van der Waals surface area contributed by atoms with Crippen molar-refractivity contribution in [2.24, 2.45) is 0 Å². The fraction of sp³-hybridized carbons (Fsp3) is 0. The Morgan fingerprint density at radius 2 is 1.71 bits per heavy atom. The van der Waals surface area contributed by atoms with Crippen LogP contribution in [0.1, 0.15) is 2.85 Å². The second-order valence-electron chi connectivity index (χ2n) is 2.73. The molecule has 2 nitrogen and oxygen atoms in total. The molecule has 1 unspecified atom stereocenters. The summed E-state index contributed by atoms with van der Waals surface area (Å²) in [6.45, 7) is 0. The topological polar surface area (TPSA) is 37.3 Å². The van der Waals surface area contributed by atoms with Gasteiger partial charge in [-0.15, -0.1) is 0 Å². The van der Waals surface area contributed by atoms with Gasteiger partial charge in [0.25, 0.3) is 0 Å². The van der Waals surface area contributed by atoms with Crippen molar-refractivity contribution in [2.75, 3.05) is 0 Å². The van der Waals surface area contributed by atoms with Crippen LogP contribution in [0.5, 0.6) is 0 Å². The number of fused-ring (bicyclic) bond motifs is 1. The number of rotatable bonds is 1. The molecule has 0 aliphatic heterocycles. The van der Waals surface area contributed by atoms with Crippen LogP contribution in [0.4, 0.5) is 0 Å². The van der Waals surface area contributed by atoms with E-state index in [2.05, 4.69) is 0 Å². The van der Waals surface area contributed by atoms with Crippen LogP contribution in [0.3, 0.4) is 0 Å². The van der Waals surface area contributed by atoms with E-state index in [0.717, 1.165) is 10.8 Å². The zero-order valence-corrected chi connectivity index (χ0v) is 11.8. The zero-order valence-electron chi connectivity index (χ0n) is 9.51. The summed E-state index contributed by atoms with van der Waals surface area (Å²) in [5, 5.41) is 1.83. The van der Waals surface area contributed by atoms with Gasteiger partial charge in [0.15, 0.2) is 11.1 Å². The third-order valence-electron chi connectivity index (χ3n) is 1.94. The van der Waals surface area contributed by atoms with Gasteiger partial charge >= 0.3 is 45.5 Å². The SMILES string of the molecule is O=S(O)c1cccc2ccccc12.[H-].[H-].[Sr+2]. The van der Waals surface area contributed by atoms with Gasteiger partial charge in [-0.1, -0.05) is 36.4 Å². The molecule has 0 fully saturated rings. The summed E-state index contributed by atoms with van der Waals surface area (Å²) >= 11 is -1.90. The van der Waals surface area contributed by atoms with Gasteiger partial charge in [0.1, 0.15) is 0 Å². The fourth-order valence-electron chi connectivity index (χ4n) is 1.35. The quantitative estimate of drug-likeness (QED) is 0.643. The van der Waals surface area contributed by atoms with Gasteiger partial charge < -0.3 is 7.41 Å². The first-order chi connectivity index (χ1) is 6.29. The minimum Gasteiger partial charge on any atom is -1.00 e. The third-order valence-corrected chi connectivity index (χ3v) is 2.67. The van der Waals surface area contributed by atoms with E-state index in [-0.39, 0.29) is 48.3 Å². The Hall–Kier alpha value is 0.291. The molecule has 1 atom stereocenters. The summed E-state index contributed by atoms with van der Waals surface area (Å²) in [4.78, 5) is 0.470. The van der Waals surface area contributed by atoms with Crippen molar-refractivity contribution >= 4 is 67.3 Å². The summed E-state index contributed by atoms with van der Waals surface area (Å²) in [6, 6.07) is 12.9. The molecule has 2 aromatic rings. The van der Waals surface area contributed by atoms with Crippen LogP contribution in [0.15, 0.2) is 47.4 Å². The van der Waals surface area contributed by atoms with Crippen LogP contribution in [-0.2, 0) is 11.1 Å². The predicted octanol–water partition coefficient (Wildman–Crippen LogP) is 2.26. The smallest absolute Gasteiger partial charge is 1.00 e. The molecule has 0 aromatic heterocycles. The van der Waals surface area contributed by atoms with Crippen molar-refractivity contribution in [2.45, 2.75) is 4.90 Å². The molecule has 0 heterocycles. The van der Waals surface area contributed by atoms with Crippen molar-refractivity contribution in [3.05, 3.63) is 42.5 Å². The Morgan fingerprint density at radius 1 is 1.07 bits per heavy atom. The minimum atomic E-state index is -1.90. The average Bonchev–Trinajstić information content (AvgIpc) is 2.17. The van der Waals surface area contributed by atoms with Crippen molar-refractivity contribution in [1.82, 2.24) is 0 Å². The van der Waals surface area contributed by atoms with Crippen molar-refractivity contribution in [3.63, 3.8) is 0 Å². The third kappa shape index (κ3) is 2.45. The molecule has 2 aromatic carbocycles. The normalized spacial score (nSPS) is 12.1. The van der Waals surface area contributed by atoms with E-state index in [1.165, 1.54) is 0 Å². The molecule has 0 aliphatic rings. The van der Waals surface area contributed by atoms with E-state index in [1.807, 2.05) is 30.3 Å². The van der Waals surface area contributed by atoms with Crippen molar-refractivity contribution in [3.8, 4) is 0 Å². The Kier molecular flexibility index (Phi) is 4.76. The van der Waals surface area contributed by atoms with E-state index in [9.17, 15) is 4.21 Å². The summed E-state index contributed by atoms with van der Waals surface area (Å²) in [6.07, 6.45) is 0. The Labute approximate surface area is 125 Å². The van der Waals surface area contributed by atoms with Gasteiger partial charge in [-0.2, -0.15) is 0 Å². The minimum absolute atomic E-state index is 0. The van der Waals surface area contributed by atoms with Crippen molar-refractivity contribution < 1.29 is 11.6 Å². The van der Waals surface area contributed by atoms with Crippen molar-refractivity contribution in [1.29, 1.82) is 0 Å². The molecule has 0 aliphatic carbocycles. The van der Waals surface area contributed by atoms with Crippen LogP contribution >= 0.6 is 0 Å². The molecule has 0 bridgehead atoms. The molecule has 0 amide bonds. The maximum atomic E-state index is 10.9. The first-order valence-corrected chi connectivity index (χ1v) is 4.98. The van der Waals surface area contributed by atoms with Crippen LogP contribution < -0.4 is 0 Å². The summed E-state index contributed by atoms with van der Waals surface area (Å²) in [5.74, 6) is 0. The van der Waals surface area contributed by atoms with Crippen LogP contribution in [0.25, 0.3) is 10.8 Å². The number of hydrogen-bond acceptors (Lipinski definition) is 1. The van der Waals surface area contributed by atoms with E-state index >= 15 is 0 Å². The number of hydrogen-bond donors (Lipinski definition) is 1. The zero-order chi connectivity index (χ0) is 9.26. The Bertz CT molecular complexity index is 474. The van der Waals surface area contributed by atoms with Crippen LogP contribution in [-0.4, -0.2) is 54.2 Å². The molecule has 0 radical (unpaired) electrons. The molecule has 14 heavy (non-hydrogen) atoms. The average molecular weight is 282 g/mol. The van der Waals surface area contributed by atoms with Gasteiger partial charge in [0, 0.05) is 5.39 Å². The largest absolute Gasteiger partial charge is 2.00 e. The Balaban J connectivity index is 0. The summed E-state index contributed by atoms with van der Waals surface area (Å²) < 4.78 is 19.9. The van der Waals surface area contributed by atoms with E-state index in [1.54, 1.807) is 12.1 Å².